The Morgan fingerprint density at radius 2 is 2.08 bits per heavy atom. The third kappa shape index (κ3) is 4.31. The molecule has 7 rings (SSSR count). The fourth-order valence-corrected chi connectivity index (χ4v) is 5.85. The highest BCUT2D eigenvalue weighted by Crippen LogP contribution is 2.70. The van der Waals surface area contributed by atoms with Gasteiger partial charge in [0, 0.05) is 37.4 Å². The van der Waals surface area contributed by atoms with Gasteiger partial charge in [-0.3, -0.25) is 9.89 Å². The molecule has 1 aliphatic heterocycles. The number of hydrogen-bond acceptors (Lipinski definition) is 7. The molecule has 4 heterocycles. The lowest BCUT2D eigenvalue weighted by Crippen LogP contribution is -2.77. The summed E-state index contributed by atoms with van der Waals surface area (Å²) >= 11 is 0. The van der Waals surface area contributed by atoms with Gasteiger partial charge in [-0.05, 0) is 37.0 Å². The van der Waals surface area contributed by atoms with E-state index in [0.717, 1.165) is 15.5 Å². The summed E-state index contributed by atoms with van der Waals surface area (Å²) < 4.78 is 57.3. The summed E-state index contributed by atoms with van der Waals surface area (Å²) in [6.45, 7) is 1.85. The largest absolute Gasteiger partial charge is 0.473 e. The maximum atomic E-state index is 13.2. The van der Waals surface area contributed by atoms with Gasteiger partial charge in [-0.2, -0.15) is 13.2 Å². The molecule has 208 valence electrons. The minimum absolute atomic E-state index is 0.170. The molecule has 1 saturated heterocycles. The molecule has 0 aromatic carbocycles. The number of hydrogen-bond donors (Lipinski definition) is 2. The zero-order valence-corrected chi connectivity index (χ0v) is 21.3. The van der Waals surface area contributed by atoms with Crippen molar-refractivity contribution in [1.82, 2.24) is 24.6 Å². The molecule has 2 N–H and O–H groups in total. The normalized spacial score (nSPS) is 26.0. The lowest BCUT2D eigenvalue weighted by Gasteiger charge is -2.73. The van der Waals surface area contributed by atoms with Crippen LogP contribution in [-0.4, -0.2) is 75.8 Å². The highest BCUT2D eigenvalue weighted by Gasteiger charge is 2.71. The molecule has 1 unspecified atom stereocenters. The number of H-pyrrole nitrogens is 1. The number of carbonyl (C=O) groups is 1. The maximum absolute atomic E-state index is 13.2. The number of aromatic amines is 1. The molecule has 11 nitrogen and oxygen atoms in total. The fourth-order valence-electron chi connectivity index (χ4n) is 5.85. The van der Waals surface area contributed by atoms with Gasteiger partial charge in [-0.25, -0.2) is 9.78 Å². The van der Waals surface area contributed by atoms with Crippen molar-refractivity contribution in [2.24, 2.45) is 7.05 Å². The zero-order valence-electron chi connectivity index (χ0n) is 21.3. The zero-order chi connectivity index (χ0) is 27.6. The van der Waals surface area contributed by atoms with Crippen molar-refractivity contribution >= 4 is 22.8 Å². The number of ether oxygens (including phenoxy) is 3. The van der Waals surface area contributed by atoms with Gasteiger partial charge in [-0.1, -0.05) is 0 Å². The van der Waals surface area contributed by atoms with Crippen molar-refractivity contribution in [3.05, 3.63) is 46.0 Å². The number of halogens is 3. The van der Waals surface area contributed by atoms with E-state index in [1.54, 1.807) is 13.2 Å². The third-order valence-electron chi connectivity index (χ3n) is 8.06. The van der Waals surface area contributed by atoms with Crippen LogP contribution in [0.5, 0.6) is 5.88 Å². The predicted molar refractivity (Wildman–Crippen MR) is 132 cm³/mol. The molecule has 1 atom stereocenters. The van der Waals surface area contributed by atoms with Crippen molar-refractivity contribution < 1.29 is 32.2 Å². The van der Waals surface area contributed by atoms with Crippen LogP contribution in [0.25, 0.3) is 11.0 Å². The first-order chi connectivity index (χ1) is 18.5. The number of carbonyl (C=O) groups excluding carboxylic acids is 1. The molecule has 3 saturated carbocycles. The van der Waals surface area contributed by atoms with Crippen molar-refractivity contribution in [1.29, 1.82) is 0 Å². The van der Waals surface area contributed by atoms with Gasteiger partial charge in [-0.15, -0.1) is 5.10 Å². The molecule has 0 spiro atoms. The van der Waals surface area contributed by atoms with E-state index in [0.29, 0.717) is 69.5 Å². The van der Waals surface area contributed by atoms with Gasteiger partial charge in [0.15, 0.2) is 5.65 Å². The van der Waals surface area contributed by atoms with Gasteiger partial charge >= 0.3 is 12.2 Å². The highest BCUT2D eigenvalue weighted by atomic mass is 19.4. The van der Waals surface area contributed by atoms with E-state index in [2.05, 4.69) is 20.5 Å². The smallest absolute Gasteiger partial charge is 0.417 e. The van der Waals surface area contributed by atoms with E-state index in [9.17, 15) is 22.8 Å². The van der Waals surface area contributed by atoms with E-state index in [1.165, 1.54) is 11.9 Å². The van der Waals surface area contributed by atoms with Crippen LogP contribution in [0, 0.1) is 0 Å². The van der Waals surface area contributed by atoms with Gasteiger partial charge < -0.3 is 29.0 Å². The molecule has 39 heavy (non-hydrogen) atoms. The highest BCUT2D eigenvalue weighted by molar-refractivity contribution is 5.90. The van der Waals surface area contributed by atoms with Gasteiger partial charge in [0.25, 0.3) is 5.56 Å². The van der Waals surface area contributed by atoms with Crippen LogP contribution in [-0.2, 0) is 28.1 Å². The Kier molecular flexibility index (Phi) is 5.88. The molecule has 0 radical (unpaired) electrons. The lowest BCUT2D eigenvalue weighted by atomic mass is 9.37. The van der Waals surface area contributed by atoms with Crippen molar-refractivity contribution in [2.75, 3.05) is 38.8 Å². The van der Waals surface area contributed by atoms with Gasteiger partial charge in [0.05, 0.1) is 30.8 Å². The molecule has 3 aliphatic carbocycles. The standard InChI is InChI=1S/C25H27F3N6O5/c1-33-8-15(25(26,27)28)6-18(21(33)35)30-22(36)34(2)24-11-23(12-24,13-24)14-5-17-19(29-7-14)31-32-20(17)39-10-16-9-37-3-4-38-16/h5-8,16H,3-4,9-13H2,1-2H3,(H,30,36)(H,29,31,32). The topological polar surface area (TPSA) is 124 Å². The van der Waals surface area contributed by atoms with Gasteiger partial charge in [0.2, 0.25) is 5.88 Å². The van der Waals surface area contributed by atoms with Crippen molar-refractivity contribution in [2.45, 2.75) is 42.5 Å². The Hall–Kier alpha value is -3.65. The molecule has 14 heteroatoms. The first-order valence-corrected chi connectivity index (χ1v) is 12.5. The molecule has 3 aromatic rings. The van der Waals surface area contributed by atoms with E-state index in [4.69, 9.17) is 14.2 Å². The summed E-state index contributed by atoms with van der Waals surface area (Å²) in [4.78, 5) is 31.3. The minimum Gasteiger partial charge on any atom is -0.473 e. The third-order valence-corrected chi connectivity index (χ3v) is 8.06. The summed E-state index contributed by atoms with van der Waals surface area (Å²) in [7, 11) is 2.80. The fraction of sp³-hybridized carbons (Fsp3) is 0.520. The first kappa shape index (κ1) is 25.6. The summed E-state index contributed by atoms with van der Waals surface area (Å²) in [6, 6.07) is 2.03. The molecule has 4 aliphatic rings. The van der Waals surface area contributed by atoms with E-state index in [-0.39, 0.29) is 11.5 Å². The van der Waals surface area contributed by atoms with Crippen LogP contribution < -0.4 is 15.6 Å². The predicted octanol–water partition coefficient (Wildman–Crippen LogP) is 2.81. The quantitative estimate of drug-likeness (QED) is 0.486. The van der Waals surface area contributed by atoms with E-state index < -0.39 is 34.6 Å². The van der Waals surface area contributed by atoms with Crippen LogP contribution in [0.2, 0.25) is 0 Å². The Labute approximate surface area is 220 Å². The number of aryl methyl sites for hydroxylation is 1. The van der Waals surface area contributed by atoms with Crippen LogP contribution in [0.3, 0.4) is 0 Å². The number of rotatable bonds is 6. The summed E-state index contributed by atoms with van der Waals surface area (Å²) in [5.41, 5.74) is -1.18. The Balaban J connectivity index is 1.13. The summed E-state index contributed by atoms with van der Waals surface area (Å²) in [5, 5.41) is 10.2. The molecule has 2 bridgehead atoms. The number of pyridine rings is 2. The SMILES string of the molecule is CN(C(=O)Nc1cc(C(F)(F)F)cn(C)c1=O)C12CC(c3cnc4[nH]nc(OCC5COCCO5)c4c3)(C1)C2. The summed E-state index contributed by atoms with van der Waals surface area (Å²) in [5.74, 6) is 0.425. The van der Waals surface area contributed by atoms with Crippen molar-refractivity contribution in [3.63, 3.8) is 0 Å². The second-order valence-corrected chi connectivity index (χ2v) is 10.6. The second kappa shape index (κ2) is 8.95. The lowest BCUT2D eigenvalue weighted by molar-refractivity contribution is -0.140. The number of aromatic nitrogens is 4. The minimum atomic E-state index is -4.65. The molecule has 4 fully saturated rings. The van der Waals surface area contributed by atoms with Crippen LogP contribution in [0.1, 0.15) is 30.4 Å². The molecule has 3 aromatic heterocycles. The number of amides is 2. The summed E-state index contributed by atoms with van der Waals surface area (Å²) in [6.07, 6.45) is -0.331. The average molecular weight is 549 g/mol. The Bertz CT molecular complexity index is 1480. The van der Waals surface area contributed by atoms with Gasteiger partial charge in [0.1, 0.15) is 18.4 Å². The van der Waals surface area contributed by atoms with Crippen molar-refractivity contribution in [3.8, 4) is 5.88 Å². The number of alkyl halides is 3. The number of fused-ring (bicyclic) bond motifs is 1. The monoisotopic (exact) mass is 548 g/mol. The first-order valence-electron chi connectivity index (χ1n) is 12.5. The Morgan fingerprint density at radius 1 is 1.31 bits per heavy atom. The number of urea groups is 1. The number of anilines is 1. The average Bonchev–Trinajstić information content (AvgIpc) is 3.26. The van der Waals surface area contributed by atoms with Crippen LogP contribution in [0.15, 0.2) is 29.3 Å². The van der Waals surface area contributed by atoms with E-state index in [1.807, 2.05) is 6.07 Å². The molecule has 2 amide bonds. The second-order valence-electron chi connectivity index (χ2n) is 10.6. The van der Waals surface area contributed by atoms with Crippen LogP contribution >= 0.6 is 0 Å². The Morgan fingerprint density at radius 3 is 2.77 bits per heavy atom. The van der Waals surface area contributed by atoms with E-state index >= 15 is 0 Å². The molecular formula is C25H27F3N6O5. The maximum Gasteiger partial charge on any atom is 0.417 e. The number of nitrogens with one attached hydrogen (secondary N) is 2. The van der Waals surface area contributed by atoms with Crippen LogP contribution in [0.4, 0.5) is 23.7 Å². The molecular weight excluding hydrogens is 521 g/mol. The number of nitrogens with zero attached hydrogens (tertiary/aromatic N) is 4.